The van der Waals surface area contributed by atoms with Gasteiger partial charge in [0.25, 0.3) is 0 Å². The van der Waals surface area contributed by atoms with E-state index in [1.54, 1.807) is 4.90 Å². The van der Waals surface area contributed by atoms with Gasteiger partial charge in [-0.3, -0.25) is 9.69 Å². The fourth-order valence-electron chi connectivity index (χ4n) is 6.28. The number of benzene rings is 1. The Morgan fingerprint density at radius 2 is 2.08 bits per heavy atom. The molecule has 1 amide bonds. The highest BCUT2D eigenvalue weighted by Gasteiger charge is 2.54. The van der Waals surface area contributed by atoms with Crippen molar-refractivity contribution in [1.82, 2.24) is 24.6 Å². The van der Waals surface area contributed by atoms with E-state index in [2.05, 4.69) is 41.1 Å². The number of amides is 1. The molecule has 1 saturated carbocycles. The van der Waals surface area contributed by atoms with Crippen molar-refractivity contribution in [2.24, 2.45) is 11.3 Å². The molecule has 3 aromatic rings. The van der Waals surface area contributed by atoms with Crippen LogP contribution in [0, 0.1) is 11.3 Å². The molecule has 1 N–H and O–H groups in total. The van der Waals surface area contributed by atoms with Gasteiger partial charge >= 0.3 is 0 Å². The molecule has 1 unspecified atom stereocenters. The normalized spacial score (nSPS) is 23.6. The van der Waals surface area contributed by atoms with Crippen LogP contribution in [0.2, 0.25) is 25.7 Å². The Kier molecular flexibility index (Phi) is 7.17. The van der Waals surface area contributed by atoms with Crippen molar-refractivity contribution in [3.63, 3.8) is 0 Å². The number of carbonyl (C=O) groups is 1. The Balaban J connectivity index is 1.24. The second-order valence-corrected chi connectivity index (χ2v) is 19.2. The molecule has 0 spiro atoms. The number of fused-ring (bicyclic) bond motifs is 3. The molecule has 1 saturated heterocycles. The summed E-state index contributed by atoms with van der Waals surface area (Å²) in [5.74, 6) is 1.60. The monoisotopic (exact) mass is 564 g/mol. The SMILES string of the molecule is CC(C(=O)N(C)c1ccc2[nH]c(-c3nn(COCC[Si](C)(C)C)c4c3C[C@@H]3C[C@]3(C)C4)nc2c1)N1CCOCC1. The van der Waals surface area contributed by atoms with Crippen LogP contribution >= 0.6 is 0 Å². The lowest BCUT2D eigenvalue weighted by Crippen LogP contribution is -2.50. The van der Waals surface area contributed by atoms with Gasteiger partial charge in [0.2, 0.25) is 5.91 Å². The molecule has 2 aromatic heterocycles. The van der Waals surface area contributed by atoms with Crippen molar-refractivity contribution in [3.05, 3.63) is 29.5 Å². The molecule has 0 bridgehead atoms. The zero-order chi connectivity index (χ0) is 28.2. The van der Waals surface area contributed by atoms with E-state index in [-0.39, 0.29) is 11.9 Å². The van der Waals surface area contributed by atoms with Crippen LogP contribution in [0.3, 0.4) is 0 Å². The molecule has 1 aromatic carbocycles. The van der Waals surface area contributed by atoms with E-state index in [0.29, 0.717) is 25.4 Å². The van der Waals surface area contributed by atoms with E-state index in [1.807, 2.05) is 32.2 Å². The number of ether oxygens (including phenoxy) is 2. The fourth-order valence-corrected chi connectivity index (χ4v) is 7.04. The smallest absolute Gasteiger partial charge is 0.243 e. The molecule has 10 heteroatoms. The van der Waals surface area contributed by atoms with E-state index in [9.17, 15) is 4.79 Å². The lowest BCUT2D eigenvalue weighted by Gasteiger charge is -2.33. The van der Waals surface area contributed by atoms with E-state index >= 15 is 0 Å². The van der Waals surface area contributed by atoms with Crippen molar-refractivity contribution in [1.29, 1.82) is 0 Å². The first-order valence-corrected chi connectivity index (χ1v) is 18.5. The molecule has 2 fully saturated rings. The third-order valence-electron chi connectivity index (χ3n) is 9.30. The second-order valence-electron chi connectivity index (χ2n) is 13.6. The number of nitrogens with one attached hydrogen (secondary N) is 1. The zero-order valence-corrected chi connectivity index (χ0v) is 25.9. The summed E-state index contributed by atoms with van der Waals surface area (Å²) in [5, 5.41) is 5.07. The predicted octanol–water partition coefficient (Wildman–Crippen LogP) is 4.55. The van der Waals surface area contributed by atoms with Crippen molar-refractivity contribution in [3.8, 4) is 11.5 Å². The molecule has 3 aliphatic rings. The van der Waals surface area contributed by atoms with Gasteiger partial charge in [0.05, 0.1) is 30.3 Å². The van der Waals surface area contributed by atoms with Gasteiger partial charge in [0, 0.05) is 51.8 Å². The molecule has 216 valence electrons. The third kappa shape index (κ3) is 5.38. The summed E-state index contributed by atoms with van der Waals surface area (Å²) in [4.78, 5) is 25.7. The highest BCUT2D eigenvalue weighted by Crippen LogP contribution is 2.60. The van der Waals surface area contributed by atoms with Crippen LogP contribution in [0.5, 0.6) is 0 Å². The van der Waals surface area contributed by atoms with Crippen LogP contribution in [0.15, 0.2) is 18.2 Å². The maximum atomic E-state index is 13.3. The van der Waals surface area contributed by atoms with Gasteiger partial charge in [0.15, 0.2) is 5.82 Å². The molecular weight excluding hydrogens is 520 g/mol. The Labute approximate surface area is 238 Å². The van der Waals surface area contributed by atoms with Gasteiger partial charge in [-0.15, -0.1) is 0 Å². The Morgan fingerprint density at radius 3 is 2.83 bits per heavy atom. The average molecular weight is 565 g/mol. The highest BCUT2D eigenvalue weighted by molar-refractivity contribution is 6.76. The van der Waals surface area contributed by atoms with Crippen molar-refractivity contribution in [2.75, 3.05) is 44.9 Å². The minimum absolute atomic E-state index is 0.0754. The first-order chi connectivity index (χ1) is 19.0. The van der Waals surface area contributed by atoms with E-state index in [4.69, 9.17) is 19.6 Å². The lowest BCUT2D eigenvalue weighted by atomic mass is 9.87. The largest absolute Gasteiger partial charge is 0.379 e. The predicted molar refractivity (Wildman–Crippen MR) is 160 cm³/mol. The molecule has 0 radical (unpaired) electrons. The summed E-state index contributed by atoms with van der Waals surface area (Å²) in [6.45, 7) is 15.7. The molecule has 3 atom stereocenters. The minimum atomic E-state index is -1.14. The van der Waals surface area contributed by atoms with Gasteiger partial charge in [-0.05, 0) is 61.8 Å². The number of imidazole rings is 1. The van der Waals surface area contributed by atoms with Gasteiger partial charge in [-0.25, -0.2) is 9.67 Å². The third-order valence-corrected chi connectivity index (χ3v) is 11.0. The first kappa shape index (κ1) is 27.6. The summed E-state index contributed by atoms with van der Waals surface area (Å²) in [7, 11) is 0.704. The highest BCUT2D eigenvalue weighted by atomic mass is 28.3. The van der Waals surface area contributed by atoms with Crippen molar-refractivity contribution in [2.45, 2.75) is 71.6 Å². The van der Waals surface area contributed by atoms with E-state index in [1.165, 1.54) is 17.7 Å². The fraction of sp³-hybridized carbons (Fsp3) is 0.633. The number of hydrogen-bond acceptors (Lipinski definition) is 6. The molecule has 1 aliphatic heterocycles. The number of morpholine rings is 1. The van der Waals surface area contributed by atoms with Gasteiger partial charge in [-0.2, -0.15) is 5.10 Å². The Hall–Kier alpha value is -2.53. The van der Waals surface area contributed by atoms with Crippen LogP contribution in [-0.4, -0.2) is 84.6 Å². The molecule has 40 heavy (non-hydrogen) atoms. The lowest BCUT2D eigenvalue weighted by molar-refractivity contribution is -0.124. The number of carbonyl (C=O) groups excluding carboxylic acids is 1. The van der Waals surface area contributed by atoms with Gasteiger partial charge in [0.1, 0.15) is 12.4 Å². The number of rotatable bonds is 9. The van der Waals surface area contributed by atoms with E-state index in [0.717, 1.165) is 72.7 Å². The number of hydrogen-bond donors (Lipinski definition) is 1. The minimum Gasteiger partial charge on any atom is -0.379 e. The van der Waals surface area contributed by atoms with Crippen LogP contribution in [-0.2, 0) is 33.8 Å². The van der Waals surface area contributed by atoms with Crippen LogP contribution in [0.4, 0.5) is 5.69 Å². The number of H-pyrrole nitrogens is 1. The van der Waals surface area contributed by atoms with Crippen molar-refractivity contribution >= 4 is 30.7 Å². The zero-order valence-electron chi connectivity index (χ0n) is 24.9. The summed E-state index contributed by atoms with van der Waals surface area (Å²) in [5.41, 5.74) is 6.60. The Bertz CT molecular complexity index is 1400. The number of anilines is 1. The van der Waals surface area contributed by atoms with Crippen LogP contribution < -0.4 is 4.90 Å². The summed E-state index contributed by atoms with van der Waals surface area (Å²) < 4.78 is 13.7. The molecule has 6 rings (SSSR count). The maximum Gasteiger partial charge on any atom is 0.243 e. The number of likely N-dealkylation sites (N-methyl/N-ethyl adjacent to an activating group) is 1. The number of aromatic nitrogens is 4. The van der Waals surface area contributed by atoms with Crippen LogP contribution in [0.1, 0.15) is 31.5 Å². The average Bonchev–Trinajstić information content (AvgIpc) is 3.24. The van der Waals surface area contributed by atoms with E-state index < -0.39 is 8.07 Å². The number of nitrogens with zero attached hydrogens (tertiary/aromatic N) is 5. The molecule has 3 heterocycles. The maximum absolute atomic E-state index is 13.3. The first-order valence-electron chi connectivity index (χ1n) is 14.8. The Morgan fingerprint density at radius 1 is 1.30 bits per heavy atom. The standard InChI is InChI=1S/C30H44N6O3Si/c1-20(35-9-11-38-12-10-35)29(37)34(3)22-7-8-24-25(16-22)32-28(31-24)27-23-15-21-17-30(21,2)18-26(23)36(33-27)19-39-13-14-40(4,5)6/h7-8,16,20-21H,9-15,17-19H2,1-6H3,(H,31,32)/t20?,21-,30-/m1/s1. The van der Waals surface area contributed by atoms with Gasteiger partial charge in [-0.1, -0.05) is 26.6 Å². The number of aromatic amines is 1. The summed E-state index contributed by atoms with van der Waals surface area (Å²) in [6, 6.07) is 6.96. The second kappa shape index (κ2) is 10.4. The summed E-state index contributed by atoms with van der Waals surface area (Å²) in [6.07, 6.45) is 3.38. The summed E-state index contributed by atoms with van der Waals surface area (Å²) >= 11 is 0. The molecular formula is C30H44N6O3Si. The van der Waals surface area contributed by atoms with Gasteiger partial charge < -0.3 is 19.4 Å². The molecule has 9 nitrogen and oxygen atoms in total. The van der Waals surface area contributed by atoms with Crippen molar-refractivity contribution < 1.29 is 14.3 Å². The topological polar surface area (TPSA) is 88.5 Å². The molecule has 2 aliphatic carbocycles. The van der Waals surface area contributed by atoms with Crippen LogP contribution in [0.25, 0.3) is 22.6 Å². The quantitative estimate of drug-likeness (QED) is 0.303.